The van der Waals surface area contributed by atoms with E-state index < -0.39 is 16.0 Å². The zero-order chi connectivity index (χ0) is 15.5. The van der Waals surface area contributed by atoms with Crippen molar-refractivity contribution in [3.63, 3.8) is 0 Å². The smallest absolute Gasteiger partial charge is 0.337 e. The first-order valence-corrected chi connectivity index (χ1v) is 8.12. The monoisotopic (exact) mass is 314 g/mol. The number of rotatable bonds is 6. The number of carboxylic acid groups (broad SMARTS) is 1. The first-order chi connectivity index (χ1) is 9.90. The third-order valence-corrected chi connectivity index (χ3v) is 4.81. The molecule has 0 spiro atoms. The van der Waals surface area contributed by atoms with Crippen LogP contribution in [-0.4, -0.2) is 38.7 Å². The van der Waals surface area contributed by atoms with E-state index in [1.807, 2.05) is 0 Å². The van der Waals surface area contributed by atoms with Gasteiger partial charge < -0.3 is 15.6 Å². The van der Waals surface area contributed by atoms with E-state index in [2.05, 4.69) is 4.72 Å². The lowest BCUT2D eigenvalue weighted by Crippen LogP contribution is -2.28. The molecule has 1 aromatic rings. The van der Waals surface area contributed by atoms with Gasteiger partial charge in [-0.15, -0.1) is 0 Å². The summed E-state index contributed by atoms with van der Waals surface area (Å²) in [5.41, 5.74) is 5.44. The molecule has 4 N–H and O–H groups in total. The van der Waals surface area contributed by atoms with Gasteiger partial charge in [0.05, 0.1) is 16.6 Å². The van der Waals surface area contributed by atoms with Crippen molar-refractivity contribution in [2.75, 3.05) is 18.9 Å². The molecule has 7 nitrogen and oxygen atoms in total. The SMILES string of the molecule is Nc1ccc(C(=O)O)c(S(=O)(=O)NCCC2CCCO2)c1. The molecule has 1 aliphatic heterocycles. The first kappa shape index (κ1) is 15.7. The van der Waals surface area contributed by atoms with Gasteiger partial charge in [-0.05, 0) is 37.5 Å². The third-order valence-electron chi connectivity index (χ3n) is 3.31. The fraction of sp³-hybridized carbons (Fsp3) is 0.462. The molecule has 1 unspecified atom stereocenters. The normalized spacial score (nSPS) is 18.8. The fourth-order valence-electron chi connectivity index (χ4n) is 2.24. The van der Waals surface area contributed by atoms with E-state index in [0.717, 1.165) is 18.9 Å². The molecule has 1 atom stereocenters. The number of nitrogens with one attached hydrogen (secondary N) is 1. The van der Waals surface area contributed by atoms with Crippen molar-refractivity contribution >= 4 is 21.7 Å². The van der Waals surface area contributed by atoms with E-state index in [1.54, 1.807) is 0 Å². The molecule has 0 amide bonds. The van der Waals surface area contributed by atoms with Gasteiger partial charge in [0, 0.05) is 18.8 Å². The van der Waals surface area contributed by atoms with Crippen LogP contribution in [0.5, 0.6) is 0 Å². The summed E-state index contributed by atoms with van der Waals surface area (Å²) in [6.45, 7) is 0.899. The number of hydrogen-bond acceptors (Lipinski definition) is 5. The van der Waals surface area contributed by atoms with Crippen LogP contribution in [-0.2, 0) is 14.8 Å². The lowest BCUT2D eigenvalue weighted by Gasteiger charge is -2.12. The number of hydrogen-bond donors (Lipinski definition) is 3. The summed E-state index contributed by atoms with van der Waals surface area (Å²) in [4.78, 5) is 10.8. The van der Waals surface area contributed by atoms with Crippen molar-refractivity contribution in [1.82, 2.24) is 4.72 Å². The number of carbonyl (C=O) groups is 1. The van der Waals surface area contributed by atoms with Crippen molar-refractivity contribution in [3.05, 3.63) is 23.8 Å². The summed E-state index contributed by atoms with van der Waals surface area (Å²) in [5, 5.41) is 9.06. The molecular weight excluding hydrogens is 296 g/mol. The van der Waals surface area contributed by atoms with Crippen LogP contribution in [0.1, 0.15) is 29.6 Å². The lowest BCUT2D eigenvalue weighted by atomic mass is 10.2. The minimum Gasteiger partial charge on any atom is -0.478 e. The molecule has 0 aromatic heterocycles. The number of aromatic carboxylic acids is 1. The predicted octanol–water partition coefficient (Wildman–Crippen LogP) is 0.814. The van der Waals surface area contributed by atoms with Gasteiger partial charge >= 0.3 is 5.97 Å². The van der Waals surface area contributed by atoms with E-state index in [4.69, 9.17) is 15.6 Å². The summed E-state index contributed by atoms with van der Waals surface area (Å²) < 4.78 is 32.2. The molecule has 1 heterocycles. The van der Waals surface area contributed by atoms with Crippen molar-refractivity contribution in [3.8, 4) is 0 Å². The summed E-state index contributed by atoms with van der Waals surface area (Å²) in [7, 11) is -3.92. The van der Waals surface area contributed by atoms with Crippen LogP contribution < -0.4 is 10.5 Å². The molecular formula is C13H18N2O5S. The molecule has 8 heteroatoms. The highest BCUT2D eigenvalue weighted by Crippen LogP contribution is 2.20. The third kappa shape index (κ3) is 3.93. The van der Waals surface area contributed by atoms with E-state index in [0.29, 0.717) is 13.0 Å². The maximum Gasteiger partial charge on any atom is 0.337 e. The summed E-state index contributed by atoms with van der Waals surface area (Å²) >= 11 is 0. The Kier molecular flexibility index (Phi) is 4.81. The van der Waals surface area contributed by atoms with E-state index in [9.17, 15) is 13.2 Å². The Morgan fingerprint density at radius 1 is 1.48 bits per heavy atom. The summed E-state index contributed by atoms with van der Waals surface area (Å²) in [6, 6.07) is 3.69. The van der Waals surface area contributed by atoms with E-state index in [1.165, 1.54) is 12.1 Å². The number of carboxylic acids is 1. The van der Waals surface area contributed by atoms with Crippen LogP contribution in [0.3, 0.4) is 0 Å². The highest BCUT2D eigenvalue weighted by molar-refractivity contribution is 7.89. The fourth-order valence-corrected chi connectivity index (χ4v) is 3.52. The molecule has 1 aromatic carbocycles. The lowest BCUT2D eigenvalue weighted by molar-refractivity contribution is 0.0692. The van der Waals surface area contributed by atoms with E-state index >= 15 is 0 Å². The van der Waals surface area contributed by atoms with Crippen LogP contribution in [0.2, 0.25) is 0 Å². The van der Waals surface area contributed by atoms with Crippen molar-refractivity contribution in [2.45, 2.75) is 30.3 Å². The van der Waals surface area contributed by atoms with Crippen LogP contribution in [0, 0.1) is 0 Å². The maximum absolute atomic E-state index is 12.2. The Bertz CT molecular complexity index is 623. The molecule has 0 bridgehead atoms. The topological polar surface area (TPSA) is 119 Å². The zero-order valence-corrected chi connectivity index (χ0v) is 12.2. The zero-order valence-electron chi connectivity index (χ0n) is 11.4. The highest BCUT2D eigenvalue weighted by Gasteiger charge is 2.23. The van der Waals surface area contributed by atoms with Gasteiger partial charge in [0.25, 0.3) is 0 Å². The second-order valence-electron chi connectivity index (χ2n) is 4.88. The van der Waals surface area contributed by atoms with Gasteiger partial charge in [-0.25, -0.2) is 17.9 Å². The largest absolute Gasteiger partial charge is 0.478 e. The Morgan fingerprint density at radius 3 is 2.86 bits per heavy atom. The van der Waals surface area contributed by atoms with Gasteiger partial charge in [0.15, 0.2) is 0 Å². The van der Waals surface area contributed by atoms with Gasteiger partial charge in [-0.1, -0.05) is 0 Å². The van der Waals surface area contributed by atoms with Crippen LogP contribution >= 0.6 is 0 Å². The molecule has 0 saturated carbocycles. The van der Waals surface area contributed by atoms with Crippen LogP contribution in [0.4, 0.5) is 5.69 Å². The van der Waals surface area contributed by atoms with Gasteiger partial charge in [-0.2, -0.15) is 0 Å². The minimum absolute atomic E-state index is 0.0625. The molecule has 1 fully saturated rings. The summed E-state index contributed by atoms with van der Waals surface area (Å²) in [5.74, 6) is -1.31. The van der Waals surface area contributed by atoms with Crippen LogP contribution in [0.25, 0.3) is 0 Å². The highest BCUT2D eigenvalue weighted by atomic mass is 32.2. The number of ether oxygens (including phenoxy) is 1. The van der Waals surface area contributed by atoms with E-state index in [-0.39, 0.29) is 28.8 Å². The molecule has 0 aliphatic carbocycles. The van der Waals surface area contributed by atoms with Gasteiger partial charge in [0.1, 0.15) is 0 Å². The van der Waals surface area contributed by atoms with Crippen molar-refractivity contribution in [1.29, 1.82) is 0 Å². The molecule has 1 saturated heterocycles. The number of anilines is 1. The molecule has 21 heavy (non-hydrogen) atoms. The second-order valence-corrected chi connectivity index (χ2v) is 6.62. The predicted molar refractivity (Wildman–Crippen MR) is 76.6 cm³/mol. The van der Waals surface area contributed by atoms with Crippen LogP contribution in [0.15, 0.2) is 23.1 Å². The molecule has 2 rings (SSSR count). The number of benzene rings is 1. The van der Waals surface area contributed by atoms with Crippen molar-refractivity contribution < 1.29 is 23.1 Å². The van der Waals surface area contributed by atoms with Gasteiger partial charge in [0.2, 0.25) is 10.0 Å². The number of sulfonamides is 1. The number of nitrogens with two attached hydrogens (primary N) is 1. The molecule has 0 radical (unpaired) electrons. The van der Waals surface area contributed by atoms with Crippen molar-refractivity contribution in [2.24, 2.45) is 0 Å². The summed E-state index contributed by atoms with van der Waals surface area (Å²) in [6.07, 6.45) is 2.52. The molecule has 1 aliphatic rings. The maximum atomic E-state index is 12.2. The Morgan fingerprint density at radius 2 is 2.24 bits per heavy atom. The molecule has 116 valence electrons. The number of nitrogen functional groups attached to an aromatic ring is 1. The second kappa shape index (κ2) is 6.42. The Balaban J connectivity index is 2.11. The first-order valence-electron chi connectivity index (χ1n) is 6.64. The average molecular weight is 314 g/mol. The Labute approximate surface area is 123 Å². The average Bonchev–Trinajstić information content (AvgIpc) is 2.91. The quantitative estimate of drug-likeness (QED) is 0.669. The standard InChI is InChI=1S/C13H18N2O5S/c14-9-3-4-11(13(16)17)12(8-9)21(18,19)15-6-5-10-2-1-7-20-10/h3-4,8,10,15H,1-2,5-7,14H2,(H,16,17). The Hall–Kier alpha value is -1.64. The van der Waals surface area contributed by atoms with Gasteiger partial charge in [-0.3, -0.25) is 0 Å². The minimum atomic E-state index is -3.92.